The molecule has 0 spiro atoms. The van der Waals surface area contributed by atoms with Crippen LogP contribution in [0, 0.1) is 0 Å². The van der Waals surface area contributed by atoms with Crippen molar-refractivity contribution in [1.82, 2.24) is 0 Å². The van der Waals surface area contributed by atoms with Crippen LogP contribution in [0.2, 0.25) is 0 Å². The van der Waals surface area contributed by atoms with Gasteiger partial charge in [-0.3, -0.25) is 14.2 Å². The summed E-state index contributed by atoms with van der Waals surface area (Å²) in [6.45, 7) is 3.97. The topological polar surface area (TPSA) is 111 Å². The third-order valence-corrected chi connectivity index (χ3v) is 7.94. The van der Waals surface area contributed by atoms with Gasteiger partial charge in [0.2, 0.25) is 0 Å². The van der Waals surface area contributed by atoms with Crippen LogP contribution < -0.4 is 4.89 Å². The summed E-state index contributed by atoms with van der Waals surface area (Å²) in [5, 5.41) is 0. The van der Waals surface area contributed by atoms with E-state index in [1.807, 2.05) is 28.1 Å². The highest BCUT2D eigenvalue weighted by molar-refractivity contribution is 7.45. The molecule has 0 saturated heterocycles. The Morgan fingerprint density at radius 3 is 1.84 bits per heavy atom. The summed E-state index contributed by atoms with van der Waals surface area (Å²) >= 11 is 0. The molecule has 0 aliphatic heterocycles. The van der Waals surface area contributed by atoms with E-state index in [2.05, 4.69) is 31.2 Å². The van der Waals surface area contributed by atoms with Gasteiger partial charge in [-0.05, 0) is 44.9 Å². The van der Waals surface area contributed by atoms with Crippen LogP contribution in [0.25, 0.3) is 0 Å². The van der Waals surface area contributed by atoms with E-state index in [0.29, 0.717) is 23.9 Å². The summed E-state index contributed by atoms with van der Waals surface area (Å²) < 4.78 is 33.3. The Hall–Kier alpha value is -1.51. The molecule has 0 aliphatic rings. The van der Waals surface area contributed by atoms with Crippen LogP contribution in [0.4, 0.5) is 0 Å². The number of carbonyl (C=O) groups excluding carboxylic acids is 2. The van der Waals surface area contributed by atoms with Crippen LogP contribution in [0.3, 0.4) is 0 Å². The van der Waals surface area contributed by atoms with Crippen LogP contribution in [-0.2, 0) is 32.7 Å². The fourth-order valence-corrected chi connectivity index (χ4v) is 4.94. The van der Waals surface area contributed by atoms with E-state index in [1.165, 1.54) is 44.9 Å². The monoisotopic (exact) mass is 645 g/mol. The van der Waals surface area contributed by atoms with Gasteiger partial charge in [0.1, 0.15) is 19.8 Å². The van der Waals surface area contributed by atoms with E-state index in [-0.39, 0.29) is 26.1 Å². The zero-order chi connectivity index (χ0) is 32.9. The number of carbonyl (C=O) groups is 2. The van der Waals surface area contributed by atoms with Gasteiger partial charge in [-0.1, -0.05) is 95.9 Å². The molecule has 0 aromatic heterocycles. The number of esters is 2. The number of phosphoric acid groups is 1. The number of rotatable bonds is 30. The van der Waals surface area contributed by atoms with Crippen molar-refractivity contribution in [1.29, 1.82) is 0 Å². The van der Waals surface area contributed by atoms with Crippen LogP contribution >= 0.6 is 7.82 Å². The molecule has 44 heavy (non-hydrogen) atoms. The van der Waals surface area contributed by atoms with Crippen LogP contribution in [0.15, 0.2) is 24.3 Å². The molecule has 258 valence electrons. The van der Waals surface area contributed by atoms with Crippen LogP contribution in [-0.4, -0.2) is 70.0 Å². The molecule has 10 heteroatoms. The van der Waals surface area contributed by atoms with E-state index in [4.69, 9.17) is 18.5 Å². The van der Waals surface area contributed by atoms with Crippen molar-refractivity contribution in [2.75, 3.05) is 47.5 Å². The quantitative estimate of drug-likeness (QED) is 0.0256. The van der Waals surface area contributed by atoms with Crippen molar-refractivity contribution in [3.8, 4) is 0 Å². The van der Waals surface area contributed by atoms with Crippen molar-refractivity contribution >= 4 is 19.8 Å². The SMILES string of the molecule is CCCCC/C=C\C/C=C\CCCCCCCCCC(=O)OC(COC(=O)CCCCC)COP(=O)([O-])OCC[N+](C)(C)C. The van der Waals surface area contributed by atoms with E-state index in [9.17, 15) is 19.0 Å². The highest BCUT2D eigenvalue weighted by atomic mass is 31.2. The second-order valence-electron chi connectivity index (χ2n) is 12.5. The molecule has 0 fully saturated rings. The molecule has 0 bridgehead atoms. The van der Waals surface area contributed by atoms with Crippen molar-refractivity contribution in [3.05, 3.63) is 24.3 Å². The summed E-state index contributed by atoms with van der Waals surface area (Å²) in [5.41, 5.74) is 0. The van der Waals surface area contributed by atoms with Gasteiger partial charge in [-0.2, -0.15) is 0 Å². The van der Waals surface area contributed by atoms with E-state index in [1.54, 1.807) is 0 Å². The second kappa shape index (κ2) is 27.8. The van der Waals surface area contributed by atoms with E-state index in [0.717, 1.165) is 44.9 Å². The summed E-state index contributed by atoms with van der Waals surface area (Å²) in [5.74, 6) is -0.875. The highest BCUT2D eigenvalue weighted by Gasteiger charge is 2.21. The Balaban J connectivity index is 4.27. The second-order valence-corrected chi connectivity index (χ2v) is 13.9. The minimum Gasteiger partial charge on any atom is -0.756 e. The molecular formula is C34H64NO8P. The molecular weight excluding hydrogens is 581 g/mol. The number of unbranched alkanes of at least 4 members (excludes halogenated alkanes) is 12. The Bertz CT molecular complexity index is 825. The number of likely N-dealkylation sites (N-methyl/N-ethyl adjacent to an activating group) is 1. The van der Waals surface area contributed by atoms with Crippen molar-refractivity contribution in [2.45, 2.75) is 136 Å². The fraction of sp³-hybridized carbons (Fsp3) is 0.824. The normalized spacial score (nSPS) is 14.2. The number of allylic oxidation sites excluding steroid dienone is 4. The molecule has 0 aromatic rings. The molecule has 0 rings (SSSR count). The maximum absolute atomic E-state index is 12.5. The Morgan fingerprint density at radius 2 is 1.23 bits per heavy atom. The summed E-state index contributed by atoms with van der Waals surface area (Å²) in [6, 6.07) is 0. The average molecular weight is 646 g/mol. The van der Waals surface area contributed by atoms with E-state index >= 15 is 0 Å². The molecule has 0 aliphatic carbocycles. The number of hydrogen-bond acceptors (Lipinski definition) is 8. The number of nitrogens with zero attached hydrogens (tertiary/aromatic N) is 1. The van der Waals surface area contributed by atoms with Crippen LogP contribution in [0.1, 0.15) is 129 Å². The lowest BCUT2D eigenvalue weighted by molar-refractivity contribution is -0.870. The van der Waals surface area contributed by atoms with Crippen molar-refractivity contribution in [2.24, 2.45) is 0 Å². The summed E-state index contributed by atoms with van der Waals surface area (Å²) in [7, 11) is 1.15. The highest BCUT2D eigenvalue weighted by Crippen LogP contribution is 2.38. The molecule has 9 nitrogen and oxygen atoms in total. The van der Waals surface area contributed by atoms with Gasteiger partial charge in [-0.25, -0.2) is 0 Å². The standard InChI is InChI=1S/C34H64NO8P/c1-6-8-10-11-12-13-14-15-16-17-18-19-20-21-22-23-25-27-34(37)43-32(30-40-33(36)26-24-9-7-2)31-42-44(38,39)41-29-28-35(3,4)5/h12-13,15-16,32H,6-11,14,17-31H2,1-5H3/b13-12-,16-15-. The van der Waals surface area contributed by atoms with Gasteiger partial charge in [0, 0.05) is 12.8 Å². The van der Waals surface area contributed by atoms with Crippen molar-refractivity contribution in [3.63, 3.8) is 0 Å². The first-order chi connectivity index (χ1) is 21.0. The first kappa shape index (κ1) is 42.5. The van der Waals surface area contributed by atoms with Crippen molar-refractivity contribution < 1.29 is 42.1 Å². The maximum Gasteiger partial charge on any atom is 0.306 e. The Labute approximate surface area is 268 Å². The largest absolute Gasteiger partial charge is 0.756 e. The number of ether oxygens (including phenoxy) is 2. The summed E-state index contributed by atoms with van der Waals surface area (Å²) in [6.07, 6.45) is 25.7. The third-order valence-electron chi connectivity index (χ3n) is 6.97. The first-order valence-corrected chi connectivity index (χ1v) is 18.5. The fourth-order valence-electron chi connectivity index (χ4n) is 4.21. The molecule has 0 saturated carbocycles. The maximum atomic E-state index is 12.5. The molecule has 2 atom stereocenters. The lowest BCUT2D eigenvalue weighted by atomic mass is 10.1. The molecule has 0 radical (unpaired) electrons. The third kappa shape index (κ3) is 30.5. The lowest BCUT2D eigenvalue weighted by Gasteiger charge is -2.28. The van der Waals surface area contributed by atoms with Crippen LogP contribution in [0.5, 0.6) is 0 Å². The molecule has 0 N–H and O–H groups in total. The van der Waals surface area contributed by atoms with Gasteiger partial charge in [-0.15, -0.1) is 0 Å². The molecule has 0 aromatic carbocycles. The first-order valence-electron chi connectivity index (χ1n) is 17.0. The minimum atomic E-state index is -4.60. The smallest absolute Gasteiger partial charge is 0.306 e. The zero-order valence-electron chi connectivity index (χ0n) is 28.6. The lowest BCUT2D eigenvalue weighted by Crippen LogP contribution is -2.37. The Morgan fingerprint density at radius 1 is 0.705 bits per heavy atom. The van der Waals surface area contributed by atoms with Gasteiger partial charge in [0.15, 0.2) is 6.10 Å². The molecule has 2 unspecified atom stereocenters. The number of quaternary nitrogens is 1. The predicted molar refractivity (Wildman–Crippen MR) is 176 cm³/mol. The number of hydrogen-bond donors (Lipinski definition) is 0. The van der Waals surface area contributed by atoms with Gasteiger partial charge in [0.05, 0.1) is 27.7 Å². The number of phosphoric ester groups is 1. The summed E-state index contributed by atoms with van der Waals surface area (Å²) in [4.78, 5) is 36.7. The predicted octanol–water partition coefficient (Wildman–Crippen LogP) is 7.82. The van der Waals surface area contributed by atoms with Gasteiger partial charge in [0.25, 0.3) is 7.82 Å². The zero-order valence-corrected chi connectivity index (χ0v) is 29.5. The molecule has 0 heterocycles. The van der Waals surface area contributed by atoms with E-state index < -0.39 is 32.5 Å². The average Bonchev–Trinajstić information content (AvgIpc) is 2.95. The van der Waals surface area contributed by atoms with Gasteiger partial charge < -0.3 is 27.9 Å². The minimum absolute atomic E-state index is 0.0324. The molecule has 0 amide bonds. The van der Waals surface area contributed by atoms with Gasteiger partial charge >= 0.3 is 11.9 Å². The Kier molecular flexibility index (Phi) is 26.8.